The van der Waals surface area contributed by atoms with E-state index in [4.69, 9.17) is 14.8 Å². The number of unbranched alkanes of at least 4 members (excludes halogenated alkanes) is 1. The summed E-state index contributed by atoms with van der Waals surface area (Å²) in [6, 6.07) is 4.62. The van der Waals surface area contributed by atoms with E-state index in [1.807, 2.05) is 0 Å². The maximum absolute atomic E-state index is 10.7. The Bertz CT molecular complexity index is 352. The lowest BCUT2D eigenvalue weighted by molar-refractivity contribution is 0.112. The van der Waals surface area contributed by atoms with Crippen LogP contribution in [0.1, 0.15) is 30.1 Å². The van der Waals surface area contributed by atoms with Crippen LogP contribution in [0.15, 0.2) is 18.2 Å². The van der Waals surface area contributed by atoms with Gasteiger partial charge in [-0.25, -0.2) is 0 Å². The lowest BCUT2D eigenvalue weighted by Gasteiger charge is -2.08. The number of carbonyl (C=O) groups excluding carboxylic acids is 1. The second kappa shape index (κ2) is 6.30. The van der Waals surface area contributed by atoms with E-state index in [0.717, 1.165) is 12.8 Å². The molecular weight excluding hydrogens is 207 g/mol. The highest BCUT2D eigenvalue weighted by Gasteiger charge is 2.16. The average molecular weight is 222 g/mol. The first-order chi connectivity index (χ1) is 7.69. The first-order valence-corrected chi connectivity index (χ1v) is 5.27. The topological polar surface area (TPSA) is 66.8 Å². The molecule has 1 aromatic rings. The number of hydrogen-bond acceptors (Lipinski definition) is 4. The number of ether oxygens (including phenoxy) is 1. The molecule has 0 saturated heterocycles. The number of carbonyl (C=O) groups is 1. The van der Waals surface area contributed by atoms with Gasteiger partial charge in [0.2, 0.25) is 0 Å². The van der Waals surface area contributed by atoms with Gasteiger partial charge in [0.05, 0.1) is 6.61 Å². The van der Waals surface area contributed by atoms with E-state index in [2.05, 4.69) is 6.92 Å². The summed E-state index contributed by atoms with van der Waals surface area (Å²) in [6.07, 6.45) is 2.57. The average Bonchev–Trinajstić information content (AvgIpc) is 2.29. The summed E-state index contributed by atoms with van der Waals surface area (Å²) in [5.74, 6) is 0.569. The molecule has 0 aliphatic heterocycles. The predicted octanol–water partition coefficient (Wildman–Crippen LogP) is 0.358. The molecule has 0 fully saturated rings. The molecular formula is C11H15BO4. The van der Waals surface area contributed by atoms with E-state index in [0.29, 0.717) is 18.6 Å². The van der Waals surface area contributed by atoms with Crippen molar-refractivity contribution in [3.63, 3.8) is 0 Å². The lowest BCUT2D eigenvalue weighted by Crippen LogP contribution is -2.32. The van der Waals surface area contributed by atoms with E-state index in [9.17, 15) is 4.79 Å². The number of benzene rings is 1. The Kier molecular flexibility index (Phi) is 5.02. The van der Waals surface area contributed by atoms with Crippen LogP contribution in [0.5, 0.6) is 5.75 Å². The smallest absolute Gasteiger partial charge is 0.489 e. The second-order valence-electron chi connectivity index (χ2n) is 3.48. The van der Waals surface area contributed by atoms with Crippen LogP contribution in [0, 0.1) is 0 Å². The molecule has 0 unspecified atom stereocenters. The summed E-state index contributed by atoms with van der Waals surface area (Å²) >= 11 is 0. The molecule has 0 aliphatic rings. The highest BCUT2D eigenvalue weighted by atomic mass is 16.5. The zero-order valence-corrected chi connectivity index (χ0v) is 9.22. The quantitative estimate of drug-likeness (QED) is 0.414. The number of rotatable bonds is 6. The third-order valence-electron chi connectivity index (χ3n) is 2.23. The Balaban J connectivity index is 2.78. The molecule has 1 rings (SSSR count). The van der Waals surface area contributed by atoms with E-state index in [1.54, 1.807) is 6.07 Å². The fourth-order valence-electron chi connectivity index (χ4n) is 1.31. The first kappa shape index (κ1) is 12.7. The molecule has 0 radical (unpaired) electrons. The molecule has 4 nitrogen and oxygen atoms in total. The van der Waals surface area contributed by atoms with Gasteiger partial charge in [-0.05, 0) is 24.0 Å². The summed E-state index contributed by atoms with van der Waals surface area (Å²) in [4.78, 5) is 10.7. The molecule has 0 aliphatic carbocycles. The van der Waals surface area contributed by atoms with Crippen molar-refractivity contribution in [3.8, 4) is 5.75 Å². The Morgan fingerprint density at radius 1 is 1.44 bits per heavy atom. The van der Waals surface area contributed by atoms with Crippen molar-refractivity contribution in [3.05, 3.63) is 23.8 Å². The minimum atomic E-state index is -1.63. The minimum Gasteiger partial charge on any atom is -0.494 e. The van der Waals surface area contributed by atoms with E-state index < -0.39 is 7.12 Å². The van der Waals surface area contributed by atoms with Gasteiger partial charge in [-0.15, -0.1) is 0 Å². The molecule has 16 heavy (non-hydrogen) atoms. The van der Waals surface area contributed by atoms with Crippen LogP contribution < -0.4 is 10.2 Å². The van der Waals surface area contributed by atoms with Gasteiger partial charge < -0.3 is 14.8 Å². The SMILES string of the molecule is CCCCOc1ccc(B(O)O)c(C=O)c1. The third-order valence-corrected chi connectivity index (χ3v) is 2.23. The molecule has 0 heterocycles. The van der Waals surface area contributed by atoms with Gasteiger partial charge in [0.25, 0.3) is 0 Å². The molecule has 2 N–H and O–H groups in total. The van der Waals surface area contributed by atoms with Gasteiger partial charge in [0.1, 0.15) is 12.0 Å². The molecule has 0 bridgehead atoms. The van der Waals surface area contributed by atoms with Gasteiger partial charge in [0, 0.05) is 5.56 Å². The van der Waals surface area contributed by atoms with Crippen LogP contribution in [0.25, 0.3) is 0 Å². The van der Waals surface area contributed by atoms with Crippen LogP contribution in [0.2, 0.25) is 0 Å². The molecule has 0 saturated carbocycles. The fraction of sp³-hybridized carbons (Fsp3) is 0.364. The maximum Gasteiger partial charge on any atom is 0.489 e. The van der Waals surface area contributed by atoms with Crippen molar-refractivity contribution in [2.24, 2.45) is 0 Å². The van der Waals surface area contributed by atoms with Gasteiger partial charge in [0.15, 0.2) is 0 Å². The van der Waals surface area contributed by atoms with Crippen molar-refractivity contribution < 1.29 is 19.6 Å². The van der Waals surface area contributed by atoms with Gasteiger partial charge in [-0.2, -0.15) is 0 Å². The monoisotopic (exact) mass is 222 g/mol. The molecule has 1 aromatic carbocycles. The van der Waals surface area contributed by atoms with Gasteiger partial charge in [-0.1, -0.05) is 19.4 Å². The highest BCUT2D eigenvalue weighted by Crippen LogP contribution is 2.11. The molecule has 0 amide bonds. The van der Waals surface area contributed by atoms with Crippen LogP contribution in [-0.2, 0) is 0 Å². The lowest BCUT2D eigenvalue weighted by atomic mass is 9.77. The number of hydrogen-bond donors (Lipinski definition) is 2. The normalized spacial score (nSPS) is 9.94. The molecule has 5 heteroatoms. The van der Waals surface area contributed by atoms with E-state index in [1.165, 1.54) is 12.1 Å². The minimum absolute atomic E-state index is 0.192. The Morgan fingerprint density at radius 2 is 2.19 bits per heavy atom. The van der Waals surface area contributed by atoms with Crippen LogP contribution in [0.4, 0.5) is 0 Å². The fourth-order valence-corrected chi connectivity index (χ4v) is 1.31. The van der Waals surface area contributed by atoms with Crippen LogP contribution >= 0.6 is 0 Å². The summed E-state index contributed by atoms with van der Waals surface area (Å²) in [7, 11) is -1.63. The molecule has 0 spiro atoms. The summed E-state index contributed by atoms with van der Waals surface area (Å²) < 4.78 is 5.40. The van der Waals surface area contributed by atoms with Crippen molar-refractivity contribution in [2.75, 3.05) is 6.61 Å². The summed E-state index contributed by atoms with van der Waals surface area (Å²) in [5, 5.41) is 18.0. The van der Waals surface area contributed by atoms with Crippen molar-refractivity contribution in [1.82, 2.24) is 0 Å². The highest BCUT2D eigenvalue weighted by molar-refractivity contribution is 6.60. The predicted molar refractivity (Wildman–Crippen MR) is 62.1 cm³/mol. The zero-order valence-electron chi connectivity index (χ0n) is 9.22. The van der Waals surface area contributed by atoms with E-state index in [-0.39, 0.29) is 11.0 Å². The second-order valence-corrected chi connectivity index (χ2v) is 3.48. The Labute approximate surface area is 95.0 Å². The maximum atomic E-state index is 10.7. The van der Waals surface area contributed by atoms with Crippen molar-refractivity contribution in [2.45, 2.75) is 19.8 Å². The Hall–Kier alpha value is -1.33. The van der Waals surface area contributed by atoms with Gasteiger partial charge >= 0.3 is 7.12 Å². The van der Waals surface area contributed by atoms with Crippen LogP contribution in [-0.4, -0.2) is 30.1 Å². The first-order valence-electron chi connectivity index (χ1n) is 5.27. The summed E-state index contributed by atoms with van der Waals surface area (Å²) in [6.45, 7) is 2.65. The van der Waals surface area contributed by atoms with Gasteiger partial charge in [-0.3, -0.25) is 4.79 Å². The molecule has 0 aromatic heterocycles. The standard InChI is InChI=1S/C11H15BO4/c1-2-3-6-16-10-4-5-11(12(14)15)9(7-10)8-13/h4-5,7-8,14-15H,2-3,6H2,1H3. The third kappa shape index (κ3) is 3.36. The van der Waals surface area contributed by atoms with E-state index >= 15 is 0 Å². The summed E-state index contributed by atoms with van der Waals surface area (Å²) in [5.41, 5.74) is 0.432. The molecule has 0 atom stereocenters. The molecule has 86 valence electrons. The zero-order chi connectivity index (χ0) is 12.0. The Morgan fingerprint density at radius 3 is 2.75 bits per heavy atom. The van der Waals surface area contributed by atoms with Crippen molar-refractivity contribution in [1.29, 1.82) is 0 Å². The van der Waals surface area contributed by atoms with Crippen LogP contribution in [0.3, 0.4) is 0 Å². The largest absolute Gasteiger partial charge is 0.494 e. The number of aldehydes is 1. The van der Waals surface area contributed by atoms with Crippen molar-refractivity contribution >= 4 is 18.9 Å².